The van der Waals surface area contributed by atoms with E-state index in [1.807, 2.05) is 25.1 Å². The summed E-state index contributed by atoms with van der Waals surface area (Å²) in [5.74, 6) is 1.19. The first-order chi connectivity index (χ1) is 11.1. The van der Waals surface area contributed by atoms with Crippen molar-refractivity contribution in [1.29, 1.82) is 0 Å². The van der Waals surface area contributed by atoms with Crippen molar-refractivity contribution in [3.8, 4) is 0 Å². The number of aromatic nitrogens is 2. The van der Waals surface area contributed by atoms with Crippen LogP contribution in [0.5, 0.6) is 0 Å². The van der Waals surface area contributed by atoms with Crippen molar-refractivity contribution in [1.82, 2.24) is 20.2 Å². The number of aryl methyl sites for hydroxylation is 1. The Kier molecular flexibility index (Phi) is 4.66. The summed E-state index contributed by atoms with van der Waals surface area (Å²) in [5, 5.41) is 6.56. The highest BCUT2D eigenvalue weighted by Gasteiger charge is 2.27. The third kappa shape index (κ3) is 3.24. The summed E-state index contributed by atoms with van der Waals surface area (Å²) < 4.78 is 2.19. The normalized spacial score (nSPS) is 22.9. The monoisotopic (exact) mass is 314 g/mol. The van der Waals surface area contributed by atoms with Crippen LogP contribution in [0, 0.1) is 5.92 Å². The summed E-state index contributed by atoms with van der Waals surface area (Å²) in [6.07, 6.45) is 1.82. The molecule has 1 aromatic carbocycles. The number of rotatable bonds is 4. The van der Waals surface area contributed by atoms with E-state index in [0.717, 1.165) is 42.8 Å². The van der Waals surface area contributed by atoms with Crippen LogP contribution in [0.4, 0.5) is 0 Å². The molecule has 0 bridgehead atoms. The van der Waals surface area contributed by atoms with E-state index in [0.29, 0.717) is 6.04 Å². The summed E-state index contributed by atoms with van der Waals surface area (Å²) in [6, 6.07) is 8.46. The van der Waals surface area contributed by atoms with Crippen LogP contribution in [0.1, 0.15) is 45.5 Å². The summed E-state index contributed by atoms with van der Waals surface area (Å²) in [6.45, 7) is 8.04. The lowest BCUT2D eigenvalue weighted by Gasteiger charge is -2.28. The Balaban J connectivity index is 1.77. The van der Waals surface area contributed by atoms with Gasteiger partial charge in [0.05, 0.1) is 17.1 Å². The van der Waals surface area contributed by atoms with Crippen LogP contribution in [0.15, 0.2) is 24.3 Å². The summed E-state index contributed by atoms with van der Waals surface area (Å²) in [4.78, 5) is 17.3. The molecule has 1 fully saturated rings. The molecule has 1 saturated heterocycles. The van der Waals surface area contributed by atoms with Gasteiger partial charge in [-0.1, -0.05) is 12.1 Å². The van der Waals surface area contributed by atoms with Crippen molar-refractivity contribution in [2.75, 3.05) is 6.54 Å². The molecule has 0 aliphatic carbocycles. The molecule has 0 spiro atoms. The van der Waals surface area contributed by atoms with Crippen LogP contribution in [0.25, 0.3) is 11.0 Å². The molecule has 1 amide bonds. The zero-order chi connectivity index (χ0) is 16.4. The summed E-state index contributed by atoms with van der Waals surface area (Å²) >= 11 is 0. The number of hydrogen-bond acceptors (Lipinski definition) is 3. The standard InChI is InChI=1S/C18H26N4O/c1-4-22-16-8-6-5-7-15(16)21-17(22)13(3)20-18(23)14-9-10-19-12(2)11-14/h5-8,12-14,19H,4,9-11H2,1-3H3,(H,20,23)/t12-,13?,14-/m0/s1. The predicted molar refractivity (Wildman–Crippen MR) is 92.2 cm³/mol. The van der Waals surface area contributed by atoms with Crippen molar-refractivity contribution < 1.29 is 4.79 Å². The highest BCUT2D eigenvalue weighted by atomic mass is 16.2. The number of amides is 1. The lowest BCUT2D eigenvalue weighted by Crippen LogP contribution is -2.43. The van der Waals surface area contributed by atoms with E-state index >= 15 is 0 Å². The van der Waals surface area contributed by atoms with Crippen molar-refractivity contribution in [2.45, 2.75) is 52.2 Å². The second-order valence-electron chi connectivity index (χ2n) is 6.51. The second-order valence-corrected chi connectivity index (χ2v) is 6.51. The molecule has 0 saturated carbocycles. The van der Waals surface area contributed by atoms with E-state index in [9.17, 15) is 4.79 Å². The van der Waals surface area contributed by atoms with Crippen LogP contribution >= 0.6 is 0 Å². The molecule has 1 aliphatic heterocycles. The van der Waals surface area contributed by atoms with Gasteiger partial charge in [0.25, 0.3) is 0 Å². The Morgan fingerprint density at radius 1 is 1.48 bits per heavy atom. The zero-order valence-corrected chi connectivity index (χ0v) is 14.2. The number of carbonyl (C=O) groups is 1. The van der Waals surface area contributed by atoms with Crippen LogP contribution in [-0.4, -0.2) is 28.0 Å². The first-order valence-corrected chi connectivity index (χ1v) is 8.59. The Morgan fingerprint density at radius 3 is 3.00 bits per heavy atom. The minimum absolute atomic E-state index is 0.0833. The highest BCUT2D eigenvalue weighted by molar-refractivity contribution is 5.80. The Hall–Kier alpha value is -1.88. The number of fused-ring (bicyclic) bond motifs is 1. The number of nitrogens with one attached hydrogen (secondary N) is 2. The van der Waals surface area contributed by atoms with E-state index in [1.54, 1.807) is 0 Å². The van der Waals surface area contributed by atoms with Crippen molar-refractivity contribution in [2.24, 2.45) is 5.92 Å². The lowest BCUT2D eigenvalue weighted by atomic mass is 9.92. The van der Waals surface area contributed by atoms with Crippen LogP contribution < -0.4 is 10.6 Å². The smallest absolute Gasteiger partial charge is 0.223 e. The van der Waals surface area contributed by atoms with Gasteiger partial charge in [-0.25, -0.2) is 4.98 Å². The second kappa shape index (κ2) is 6.71. The first-order valence-electron chi connectivity index (χ1n) is 8.59. The average Bonchev–Trinajstić information content (AvgIpc) is 2.93. The van der Waals surface area contributed by atoms with Gasteiger partial charge in [0.1, 0.15) is 5.82 Å². The summed E-state index contributed by atoms with van der Waals surface area (Å²) in [5.41, 5.74) is 2.11. The van der Waals surface area contributed by atoms with Crippen LogP contribution in [-0.2, 0) is 11.3 Å². The van der Waals surface area contributed by atoms with E-state index in [1.165, 1.54) is 0 Å². The molecular weight excluding hydrogens is 288 g/mol. The number of imidazole rings is 1. The van der Waals surface area contributed by atoms with Gasteiger partial charge in [0.2, 0.25) is 5.91 Å². The van der Waals surface area contributed by atoms with Gasteiger partial charge in [0.15, 0.2) is 0 Å². The van der Waals surface area contributed by atoms with Crippen molar-refractivity contribution in [3.63, 3.8) is 0 Å². The molecular formula is C18H26N4O. The minimum Gasteiger partial charge on any atom is -0.346 e. The summed E-state index contributed by atoms with van der Waals surface area (Å²) in [7, 11) is 0. The Morgan fingerprint density at radius 2 is 2.26 bits per heavy atom. The van der Waals surface area contributed by atoms with Gasteiger partial charge in [-0.15, -0.1) is 0 Å². The van der Waals surface area contributed by atoms with E-state index in [-0.39, 0.29) is 17.9 Å². The fourth-order valence-electron chi connectivity index (χ4n) is 3.52. The maximum absolute atomic E-state index is 12.6. The SMILES string of the molecule is CCn1c(C(C)NC(=O)[C@H]2CCN[C@@H](C)C2)nc2ccccc21. The Labute approximate surface area is 137 Å². The van der Waals surface area contributed by atoms with Gasteiger partial charge in [-0.05, 0) is 52.3 Å². The average molecular weight is 314 g/mol. The molecule has 2 heterocycles. The quantitative estimate of drug-likeness (QED) is 0.912. The van der Waals surface area contributed by atoms with E-state index in [2.05, 4.69) is 35.1 Å². The lowest BCUT2D eigenvalue weighted by molar-refractivity contribution is -0.126. The molecule has 0 radical (unpaired) electrons. The van der Waals surface area contributed by atoms with Crippen LogP contribution in [0.3, 0.4) is 0 Å². The molecule has 3 rings (SSSR count). The van der Waals surface area contributed by atoms with Gasteiger partial charge in [-0.3, -0.25) is 4.79 Å². The van der Waals surface area contributed by atoms with Crippen LogP contribution in [0.2, 0.25) is 0 Å². The number of para-hydroxylation sites is 2. The molecule has 5 heteroatoms. The third-order valence-electron chi connectivity index (χ3n) is 4.74. The number of carbonyl (C=O) groups excluding carboxylic acids is 1. The maximum atomic E-state index is 12.6. The molecule has 5 nitrogen and oxygen atoms in total. The number of benzene rings is 1. The van der Waals surface area contributed by atoms with Gasteiger partial charge < -0.3 is 15.2 Å². The zero-order valence-electron chi connectivity index (χ0n) is 14.2. The minimum atomic E-state index is -0.0833. The fraction of sp³-hybridized carbons (Fsp3) is 0.556. The number of nitrogens with zero attached hydrogens (tertiary/aromatic N) is 2. The van der Waals surface area contributed by atoms with Gasteiger partial charge in [0, 0.05) is 18.5 Å². The van der Waals surface area contributed by atoms with Gasteiger partial charge >= 0.3 is 0 Å². The largest absolute Gasteiger partial charge is 0.346 e. The molecule has 1 unspecified atom stereocenters. The topological polar surface area (TPSA) is 59.0 Å². The molecule has 124 valence electrons. The van der Waals surface area contributed by atoms with Gasteiger partial charge in [-0.2, -0.15) is 0 Å². The number of hydrogen-bond donors (Lipinski definition) is 2. The third-order valence-corrected chi connectivity index (χ3v) is 4.74. The maximum Gasteiger partial charge on any atom is 0.223 e. The predicted octanol–water partition coefficient (Wildman–Crippen LogP) is 2.62. The first kappa shape index (κ1) is 16.0. The molecule has 1 aromatic heterocycles. The van der Waals surface area contributed by atoms with Crippen molar-refractivity contribution >= 4 is 16.9 Å². The van der Waals surface area contributed by atoms with E-state index in [4.69, 9.17) is 4.98 Å². The molecule has 23 heavy (non-hydrogen) atoms. The van der Waals surface area contributed by atoms with Crippen molar-refractivity contribution in [3.05, 3.63) is 30.1 Å². The molecule has 1 aliphatic rings. The molecule has 2 N–H and O–H groups in total. The highest BCUT2D eigenvalue weighted by Crippen LogP contribution is 2.22. The molecule has 3 atom stereocenters. The molecule has 2 aromatic rings. The fourth-order valence-corrected chi connectivity index (χ4v) is 3.52. The number of piperidine rings is 1. The Bertz CT molecular complexity index is 693. The van der Waals surface area contributed by atoms with E-state index < -0.39 is 0 Å².